The van der Waals surface area contributed by atoms with Crippen molar-refractivity contribution < 1.29 is 12.8 Å². The quantitative estimate of drug-likeness (QED) is 0.627. The van der Waals surface area contributed by atoms with Gasteiger partial charge in [-0.1, -0.05) is 13.0 Å². The lowest BCUT2D eigenvalue weighted by atomic mass is 10.2. The number of benzene rings is 1. The van der Waals surface area contributed by atoms with Crippen molar-refractivity contribution in [3.05, 3.63) is 41.4 Å². The second-order valence-corrected chi connectivity index (χ2v) is 8.64. The number of nitrogens with one attached hydrogen (secondary N) is 1. The molecule has 0 saturated carbocycles. The van der Waals surface area contributed by atoms with E-state index in [4.69, 9.17) is 4.42 Å². The molecule has 0 aliphatic heterocycles. The molecular formula is C18H22N4O3S2. The van der Waals surface area contributed by atoms with Crippen molar-refractivity contribution in [2.24, 2.45) is 7.05 Å². The highest BCUT2D eigenvalue weighted by Gasteiger charge is 2.29. The molecule has 0 bridgehead atoms. The highest BCUT2D eigenvalue weighted by Crippen LogP contribution is 2.33. The summed E-state index contributed by atoms with van der Waals surface area (Å²) in [5.74, 6) is 0.834. The molecule has 0 atom stereocenters. The fourth-order valence-electron chi connectivity index (χ4n) is 3.04. The first-order valence-electron chi connectivity index (χ1n) is 8.44. The smallest absolute Gasteiger partial charge is 0.264 e. The summed E-state index contributed by atoms with van der Waals surface area (Å²) < 4.78 is 36.3. The number of rotatable bonds is 6. The molecule has 3 rings (SSSR count). The molecule has 0 aliphatic rings. The summed E-state index contributed by atoms with van der Waals surface area (Å²) in [5, 5.41) is 8.05. The predicted octanol–water partition coefficient (Wildman–Crippen LogP) is 3.78. The van der Waals surface area contributed by atoms with Crippen LogP contribution in [0.3, 0.4) is 0 Å². The zero-order valence-electron chi connectivity index (χ0n) is 15.9. The van der Waals surface area contributed by atoms with Gasteiger partial charge in [0, 0.05) is 35.3 Å². The number of hydrogen-bond donors (Lipinski definition) is 1. The molecule has 1 aromatic carbocycles. The van der Waals surface area contributed by atoms with Crippen LogP contribution < -0.4 is 4.72 Å². The van der Waals surface area contributed by atoms with Crippen LogP contribution in [0.15, 0.2) is 38.5 Å². The van der Waals surface area contributed by atoms with Gasteiger partial charge in [0.15, 0.2) is 0 Å². The largest absolute Gasteiger partial charge is 0.419 e. The summed E-state index contributed by atoms with van der Waals surface area (Å²) in [7, 11) is -1.99. The van der Waals surface area contributed by atoms with Crippen molar-refractivity contribution in [1.29, 1.82) is 0 Å². The summed E-state index contributed by atoms with van der Waals surface area (Å²) in [5.41, 5.74) is 2.32. The van der Waals surface area contributed by atoms with E-state index in [0.29, 0.717) is 40.8 Å². The summed E-state index contributed by atoms with van der Waals surface area (Å²) in [6.07, 6.45) is 2.56. The molecule has 2 aromatic heterocycles. The Balaban J connectivity index is 2.06. The predicted molar refractivity (Wildman–Crippen MR) is 107 cm³/mol. The third kappa shape index (κ3) is 3.61. The Labute approximate surface area is 163 Å². The molecule has 0 radical (unpaired) electrons. The van der Waals surface area contributed by atoms with Gasteiger partial charge >= 0.3 is 0 Å². The zero-order valence-corrected chi connectivity index (χ0v) is 17.5. The molecule has 0 saturated heterocycles. The SMILES string of the molecule is CCc1nnc(-c2c(C)c(S(=O)(=O)Nc3cccc(SC)c3)c(C)n2C)o1. The van der Waals surface area contributed by atoms with Crippen molar-refractivity contribution in [3.63, 3.8) is 0 Å². The molecule has 0 fully saturated rings. The third-order valence-electron chi connectivity index (χ3n) is 4.43. The maximum Gasteiger partial charge on any atom is 0.264 e. The molecule has 0 amide bonds. The molecule has 9 heteroatoms. The molecule has 0 aliphatic carbocycles. The number of hydrogen-bond acceptors (Lipinski definition) is 6. The minimum atomic E-state index is -3.78. The second kappa shape index (κ2) is 7.40. The molecular weight excluding hydrogens is 384 g/mol. The number of sulfonamides is 1. The Bertz CT molecular complexity index is 1080. The Kier molecular flexibility index (Phi) is 5.34. The van der Waals surface area contributed by atoms with Crippen LogP contribution in [-0.4, -0.2) is 29.4 Å². The molecule has 7 nitrogen and oxygen atoms in total. The average molecular weight is 407 g/mol. The van der Waals surface area contributed by atoms with E-state index < -0.39 is 10.0 Å². The number of aromatic nitrogens is 3. The molecule has 0 unspecified atom stereocenters. The average Bonchev–Trinajstić information content (AvgIpc) is 3.17. The molecule has 1 N–H and O–H groups in total. The lowest BCUT2D eigenvalue weighted by Crippen LogP contribution is -2.14. The van der Waals surface area contributed by atoms with Crippen LogP contribution in [0.2, 0.25) is 0 Å². The van der Waals surface area contributed by atoms with Crippen LogP contribution in [0, 0.1) is 13.8 Å². The Morgan fingerprint density at radius 2 is 2.00 bits per heavy atom. The molecule has 144 valence electrons. The van der Waals surface area contributed by atoms with Crippen molar-refractivity contribution >= 4 is 27.5 Å². The van der Waals surface area contributed by atoms with Gasteiger partial charge in [-0.05, 0) is 38.3 Å². The van der Waals surface area contributed by atoms with E-state index in [9.17, 15) is 8.42 Å². The highest BCUT2D eigenvalue weighted by atomic mass is 32.2. The first-order chi connectivity index (χ1) is 12.8. The van der Waals surface area contributed by atoms with Gasteiger partial charge in [-0.15, -0.1) is 22.0 Å². The number of aryl methyl sites for hydroxylation is 1. The van der Waals surface area contributed by atoms with E-state index in [1.54, 1.807) is 43.3 Å². The standard InChI is InChI=1S/C18H22N4O3S2/c1-6-15-19-20-18(25-15)16-11(2)17(12(3)22(16)4)27(23,24)21-13-8-7-9-14(10-13)26-5/h7-10,21H,6H2,1-5H3. The van der Waals surface area contributed by atoms with Crippen molar-refractivity contribution in [3.8, 4) is 11.6 Å². The van der Waals surface area contributed by atoms with E-state index in [0.717, 1.165) is 4.90 Å². The number of nitrogens with zero attached hydrogens (tertiary/aromatic N) is 3. The van der Waals surface area contributed by atoms with Crippen molar-refractivity contribution in [2.75, 3.05) is 11.0 Å². The first kappa shape index (κ1) is 19.5. The minimum absolute atomic E-state index is 0.228. The highest BCUT2D eigenvalue weighted by molar-refractivity contribution is 7.98. The van der Waals surface area contributed by atoms with E-state index in [1.807, 2.05) is 31.4 Å². The van der Waals surface area contributed by atoms with Crippen LogP contribution in [0.4, 0.5) is 5.69 Å². The van der Waals surface area contributed by atoms with E-state index in [2.05, 4.69) is 14.9 Å². The van der Waals surface area contributed by atoms with Gasteiger partial charge in [0.2, 0.25) is 5.89 Å². The lowest BCUT2D eigenvalue weighted by Gasteiger charge is -2.10. The summed E-state index contributed by atoms with van der Waals surface area (Å²) in [6.45, 7) is 5.44. The van der Waals surface area contributed by atoms with Gasteiger partial charge in [0.25, 0.3) is 15.9 Å². The van der Waals surface area contributed by atoms with E-state index >= 15 is 0 Å². The van der Waals surface area contributed by atoms with Gasteiger partial charge in [0.05, 0.1) is 0 Å². The Morgan fingerprint density at radius 3 is 2.63 bits per heavy atom. The van der Waals surface area contributed by atoms with Crippen LogP contribution in [0.5, 0.6) is 0 Å². The van der Waals surface area contributed by atoms with Gasteiger partial charge < -0.3 is 8.98 Å². The van der Waals surface area contributed by atoms with E-state index in [1.165, 1.54) is 0 Å². The normalized spacial score (nSPS) is 11.7. The Hall–Kier alpha value is -2.26. The maximum atomic E-state index is 13.1. The van der Waals surface area contributed by atoms with Crippen LogP contribution in [0.1, 0.15) is 24.1 Å². The van der Waals surface area contributed by atoms with Crippen molar-refractivity contribution in [2.45, 2.75) is 37.0 Å². The van der Waals surface area contributed by atoms with Gasteiger partial charge in [-0.25, -0.2) is 8.42 Å². The molecule has 2 heterocycles. The third-order valence-corrected chi connectivity index (χ3v) is 6.79. The van der Waals surface area contributed by atoms with Gasteiger partial charge in [-0.2, -0.15) is 0 Å². The van der Waals surface area contributed by atoms with Crippen molar-refractivity contribution in [1.82, 2.24) is 14.8 Å². The number of anilines is 1. The molecule has 27 heavy (non-hydrogen) atoms. The summed E-state index contributed by atoms with van der Waals surface area (Å²) in [6, 6.07) is 7.30. The first-order valence-corrected chi connectivity index (χ1v) is 11.1. The maximum absolute atomic E-state index is 13.1. The second-order valence-electron chi connectivity index (χ2n) is 6.14. The Morgan fingerprint density at radius 1 is 1.26 bits per heavy atom. The van der Waals surface area contributed by atoms with Crippen LogP contribution in [0.25, 0.3) is 11.6 Å². The zero-order chi connectivity index (χ0) is 19.8. The van der Waals surface area contributed by atoms with Gasteiger partial charge in [0.1, 0.15) is 10.6 Å². The summed E-state index contributed by atoms with van der Waals surface area (Å²) in [4.78, 5) is 1.21. The monoisotopic (exact) mass is 406 g/mol. The fraction of sp³-hybridized carbons (Fsp3) is 0.333. The minimum Gasteiger partial charge on any atom is -0.419 e. The fourth-order valence-corrected chi connectivity index (χ4v) is 5.06. The summed E-state index contributed by atoms with van der Waals surface area (Å²) >= 11 is 1.55. The van der Waals surface area contributed by atoms with Crippen LogP contribution in [-0.2, 0) is 23.5 Å². The van der Waals surface area contributed by atoms with E-state index in [-0.39, 0.29) is 4.90 Å². The molecule has 0 spiro atoms. The molecule has 3 aromatic rings. The number of thioether (sulfide) groups is 1. The van der Waals surface area contributed by atoms with Crippen LogP contribution >= 0.6 is 11.8 Å². The van der Waals surface area contributed by atoms with Gasteiger partial charge in [-0.3, -0.25) is 4.72 Å². The lowest BCUT2D eigenvalue weighted by molar-refractivity contribution is 0.508. The topological polar surface area (TPSA) is 90.0 Å².